The molecule has 0 spiro atoms. The first kappa shape index (κ1) is 8.90. The van der Waals surface area contributed by atoms with Gasteiger partial charge in [0, 0.05) is 18.0 Å². The molecule has 1 N–H and O–H groups in total. The second kappa shape index (κ2) is 3.59. The molecule has 0 aliphatic carbocycles. The molecule has 1 aromatic heterocycles. The maximum absolute atomic E-state index is 12.8. The van der Waals surface area contributed by atoms with Crippen LogP contribution in [-0.4, -0.2) is 14.9 Å². The van der Waals surface area contributed by atoms with E-state index in [1.54, 1.807) is 29.2 Å². The maximum Gasteiger partial charge on any atom is 0.123 e. The van der Waals surface area contributed by atoms with Gasteiger partial charge in [-0.05, 0) is 24.3 Å². The van der Waals surface area contributed by atoms with Crippen LogP contribution in [0.1, 0.15) is 5.56 Å². The average Bonchev–Trinajstić information content (AvgIpc) is 2.70. The highest BCUT2D eigenvalue weighted by atomic mass is 19.1. The SMILES string of the molecule is OCc1cc(F)ccc1-n1cccn1. The van der Waals surface area contributed by atoms with Crippen LogP contribution in [0, 0.1) is 5.82 Å². The van der Waals surface area contributed by atoms with Gasteiger partial charge < -0.3 is 5.11 Å². The van der Waals surface area contributed by atoms with Crippen molar-refractivity contribution in [3.8, 4) is 5.69 Å². The normalized spacial score (nSPS) is 10.4. The summed E-state index contributed by atoms with van der Waals surface area (Å²) in [4.78, 5) is 0. The summed E-state index contributed by atoms with van der Waals surface area (Å²) >= 11 is 0. The van der Waals surface area contributed by atoms with Gasteiger partial charge in [-0.2, -0.15) is 5.10 Å². The van der Waals surface area contributed by atoms with Gasteiger partial charge in [-0.25, -0.2) is 9.07 Å². The minimum absolute atomic E-state index is 0.201. The summed E-state index contributed by atoms with van der Waals surface area (Å²) in [6.45, 7) is -0.201. The zero-order valence-corrected chi connectivity index (χ0v) is 7.39. The number of aliphatic hydroxyl groups excluding tert-OH is 1. The van der Waals surface area contributed by atoms with Gasteiger partial charge in [0.1, 0.15) is 5.82 Å². The summed E-state index contributed by atoms with van der Waals surface area (Å²) in [6, 6.07) is 6.01. The number of benzene rings is 1. The van der Waals surface area contributed by atoms with Crippen LogP contribution in [0.3, 0.4) is 0 Å². The predicted octanol–water partition coefficient (Wildman–Crippen LogP) is 1.50. The highest BCUT2D eigenvalue weighted by molar-refractivity contribution is 5.40. The molecule has 0 saturated carbocycles. The van der Waals surface area contributed by atoms with Crippen molar-refractivity contribution in [3.05, 3.63) is 48.0 Å². The molecule has 0 aliphatic heterocycles. The number of hydrogen-bond donors (Lipinski definition) is 1. The van der Waals surface area contributed by atoms with E-state index in [2.05, 4.69) is 5.10 Å². The summed E-state index contributed by atoms with van der Waals surface area (Å²) < 4.78 is 14.4. The number of halogens is 1. The van der Waals surface area contributed by atoms with Gasteiger partial charge in [0.15, 0.2) is 0 Å². The molecule has 72 valence electrons. The molecule has 0 amide bonds. The lowest BCUT2D eigenvalue weighted by molar-refractivity contribution is 0.280. The minimum Gasteiger partial charge on any atom is -0.392 e. The summed E-state index contributed by atoms with van der Waals surface area (Å²) in [5, 5.41) is 13.0. The Bertz CT molecular complexity index is 426. The molecule has 4 heteroatoms. The third-order valence-corrected chi connectivity index (χ3v) is 1.96. The van der Waals surface area contributed by atoms with E-state index >= 15 is 0 Å². The van der Waals surface area contributed by atoms with Crippen LogP contribution in [0.25, 0.3) is 5.69 Å². The predicted molar refractivity (Wildman–Crippen MR) is 49.4 cm³/mol. The van der Waals surface area contributed by atoms with Crippen molar-refractivity contribution >= 4 is 0 Å². The lowest BCUT2D eigenvalue weighted by Crippen LogP contribution is -2.00. The van der Waals surface area contributed by atoms with E-state index in [-0.39, 0.29) is 12.4 Å². The van der Waals surface area contributed by atoms with E-state index in [0.717, 1.165) is 0 Å². The molecule has 0 bridgehead atoms. The molecule has 0 aliphatic rings. The highest BCUT2D eigenvalue weighted by Crippen LogP contribution is 2.15. The van der Waals surface area contributed by atoms with Crippen molar-refractivity contribution in [2.45, 2.75) is 6.61 Å². The first-order chi connectivity index (χ1) is 6.81. The number of aliphatic hydroxyl groups is 1. The van der Waals surface area contributed by atoms with Crippen molar-refractivity contribution in [3.63, 3.8) is 0 Å². The highest BCUT2D eigenvalue weighted by Gasteiger charge is 2.04. The molecule has 0 radical (unpaired) electrons. The fraction of sp³-hybridized carbons (Fsp3) is 0.100. The van der Waals surface area contributed by atoms with Crippen molar-refractivity contribution in [2.24, 2.45) is 0 Å². The zero-order chi connectivity index (χ0) is 9.97. The van der Waals surface area contributed by atoms with Crippen molar-refractivity contribution in [1.29, 1.82) is 0 Å². The van der Waals surface area contributed by atoms with Crippen molar-refractivity contribution < 1.29 is 9.50 Å². The van der Waals surface area contributed by atoms with Crippen LogP contribution in [0.15, 0.2) is 36.7 Å². The maximum atomic E-state index is 12.8. The fourth-order valence-electron chi connectivity index (χ4n) is 1.32. The minimum atomic E-state index is -0.357. The third kappa shape index (κ3) is 1.52. The van der Waals surface area contributed by atoms with E-state index in [4.69, 9.17) is 5.11 Å². The quantitative estimate of drug-likeness (QED) is 0.783. The van der Waals surface area contributed by atoms with Crippen LogP contribution < -0.4 is 0 Å². The Hall–Kier alpha value is -1.68. The first-order valence-electron chi connectivity index (χ1n) is 4.20. The standard InChI is InChI=1S/C10H9FN2O/c11-9-2-3-10(8(6-9)7-14)13-5-1-4-12-13/h1-6,14H,7H2. The fourth-order valence-corrected chi connectivity index (χ4v) is 1.32. The zero-order valence-electron chi connectivity index (χ0n) is 7.39. The van der Waals surface area contributed by atoms with Crippen LogP contribution in [0.2, 0.25) is 0 Å². The molecule has 0 unspecified atom stereocenters. The molecular formula is C10H9FN2O. The molecule has 1 heterocycles. The first-order valence-corrected chi connectivity index (χ1v) is 4.20. The Morgan fingerprint density at radius 3 is 2.93 bits per heavy atom. The largest absolute Gasteiger partial charge is 0.392 e. The molecule has 0 atom stereocenters. The van der Waals surface area contributed by atoms with Crippen molar-refractivity contribution in [1.82, 2.24) is 9.78 Å². The molecular weight excluding hydrogens is 183 g/mol. The van der Waals surface area contributed by atoms with Gasteiger partial charge in [0.25, 0.3) is 0 Å². The van der Waals surface area contributed by atoms with Crippen LogP contribution in [-0.2, 0) is 6.61 Å². The van der Waals surface area contributed by atoms with E-state index in [0.29, 0.717) is 11.3 Å². The number of nitrogens with zero attached hydrogens (tertiary/aromatic N) is 2. The van der Waals surface area contributed by atoms with Crippen molar-refractivity contribution in [2.75, 3.05) is 0 Å². The Labute approximate surface area is 80.4 Å². The monoisotopic (exact) mass is 192 g/mol. The van der Waals surface area contributed by atoms with Gasteiger partial charge in [0.2, 0.25) is 0 Å². The van der Waals surface area contributed by atoms with E-state index in [9.17, 15) is 4.39 Å². The second-order valence-corrected chi connectivity index (χ2v) is 2.88. The van der Waals surface area contributed by atoms with E-state index < -0.39 is 0 Å². The molecule has 0 fully saturated rings. The van der Waals surface area contributed by atoms with Gasteiger partial charge in [-0.15, -0.1) is 0 Å². The third-order valence-electron chi connectivity index (χ3n) is 1.96. The Morgan fingerprint density at radius 2 is 2.29 bits per heavy atom. The van der Waals surface area contributed by atoms with E-state index in [1.807, 2.05) is 0 Å². The van der Waals surface area contributed by atoms with Crippen LogP contribution in [0.5, 0.6) is 0 Å². The molecule has 3 nitrogen and oxygen atoms in total. The summed E-state index contributed by atoms with van der Waals surface area (Å²) in [6.07, 6.45) is 3.37. The molecule has 2 aromatic rings. The Morgan fingerprint density at radius 1 is 1.43 bits per heavy atom. The smallest absolute Gasteiger partial charge is 0.123 e. The number of aromatic nitrogens is 2. The topological polar surface area (TPSA) is 38.0 Å². The Balaban J connectivity index is 2.53. The molecule has 14 heavy (non-hydrogen) atoms. The lowest BCUT2D eigenvalue weighted by atomic mass is 10.2. The number of rotatable bonds is 2. The van der Waals surface area contributed by atoms with Gasteiger partial charge in [-0.3, -0.25) is 0 Å². The van der Waals surface area contributed by atoms with Gasteiger partial charge in [-0.1, -0.05) is 0 Å². The summed E-state index contributed by atoms with van der Waals surface area (Å²) in [5.74, 6) is -0.357. The van der Waals surface area contributed by atoms with Gasteiger partial charge >= 0.3 is 0 Å². The van der Waals surface area contributed by atoms with E-state index in [1.165, 1.54) is 12.1 Å². The average molecular weight is 192 g/mol. The Kier molecular flexibility index (Phi) is 2.28. The molecule has 0 saturated heterocycles. The molecule has 1 aromatic carbocycles. The van der Waals surface area contributed by atoms with Crippen LogP contribution >= 0.6 is 0 Å². The lowest BCUT2D eigenvalue weighted by Gasteiger charge is -2.06. The second-order valence-electron chi connectivity index (χ2n) is 2.88. The summed E-state index contributed by atoms with van der Waals surface area (Å²) in [7, 11) is 0. The number of hydrogen-bond acceptors (Lipinski definition) is 2. The van der Waals surface area contributed by atoms with Crippen LogP contribution in [0.4, 0.5) is 4.39 Å². The molecule has 2 rings (SSSR count). The summed E-state index contributed by atoms with van der Waals surface area (Å²) in [5.41, 5.74) is 1.22. The van der Waals surface area contributed by atoms with Gasteiger partial charge in [0.05, 0.1) is 12.3 Å².